The summed E-state index contributed by atoms with van der Waals surface area (Å²) >= 11 is 9.14. The van der Waals surface area contributed by atoms with E-state index in [-0.39, 0.29) is 17.7 Å². The van der Waals surface area contributed by atoms with E-state index in [1.54, 1.807) is 18.2 Å². The third-order valence-electron chi connectivity index (χ3n) is 2.57. The van der Waals surface area contributed by atoms with Crippen LogP contribution >= 0.6 is 27.5 Å². The number of amidine groups is 1. The van der Waals surface area contributed by atoms with Crippen LogP contribution in [0.15, 0.2) is 27.8 Å². The third kappa shape index (κ3) is 4.11. The van der Waals surface area contributed by atoms with Crippen LogP contribution in [-0.4, -0.2) is 17.0 Å². The van der Waals surface area contributed by atoms with Gasteiger partial charge in [-0.25, -0.2) is 0 Å². The molecule has 0 aliphatic heterocycles. The van der Waals surface area contributed by atoms with Crippen molar-refractivity contribution in [1.29, 1.82) is 0 Å². The Hall–Kier alpha value is -1.27. The number of nitrogens with two attached hydrogens (primary N) is 1. The lowest BCUT2D eigenvalue weighted by Gasteiger charge is -2.18. The van der Waals surface area contributed by atoms with Gasteiger partial charge in [0.1, 0.15) is 5.92 Å². The molecular formula is C12H15BrClN3O2. The van der Waals surface area contributed by atoms with Crippen molar-refractivity contribution in [2.75, 3.05) is 5.32 Å². The first-order chi connectivity index (χ1) is 8.86. The molecule has 0 saturated heterocycles. The molecule has 104 valence electrons. The molecule has 0 saturated carbocycles. The number of anilines is 1. The summed E-state index contributed by atoms with van der Waals surface area (Å²) in [6, 6.07) is 5.02. The van der Waals surface area contributed by atoms with Gasteiger partial charge in [0, 0.05) is 10.2 Å². The zero-order chi connectivity index (χ0) is 14.6. The molecular weight excluding hydrogens is 334 g/mol. The lowest BCUT2D eigenvalue weighted by molar-refractivity contribution is -0.119. The summed E-state index contributed by atoms with van der Waals surface area (Å²) in [5.74, 6) is -1.23. The highest BCUT2D eigenvalue weighted by molar-refractivity contribution is 9.10. The zero-order valence-corrected chi connectivity index (χ0v) is 12.9. The fraction of sp³-hybridized carbons (Fsp3) is 0.333. The fourth-order valence-corrected chi connectivity index (χ4v) is 2.13. The van der Waals surface area contributed by atoms with Crippen LogP contribution < -0.4 is 11.1 Å². The summed E-state index contributed by atoms with van der Waals surface area (Å²) < 4.78 is 0.678. The minimum absolute atomic E-state index is 0.0911. The topological polar surface area (TPSA) is 87.7 Å². The lowest BCUT2D eigenvalue weighted by atomic mass is 9.94. The molecule has 0 bridgehead atoms. The van der Waals surface area contributed by atoms with Gasteiger partial charge in [-0.15, -0.1) is 0 Å². The molecule has 0 radical (unpaired) electrons. The molecule has 1 aromatic rings. The molecule has 4 N–H and O–H groups in total. The van der Waals surface area contributed by atoms with Crippen LogP contribution in [0.4, 0.5) is 5.69 Å². The van der Waals surface area contributed by atoms with Crippen LogP contribution in [0.25, 0.3) is 0 Å². The second kappa shape index (κ2) is 6.77. The largest absolute Gasteiger partial charge is 0.409 e. The van der Waals surface area contributed by atoms with Gasteiger partial charge in [0.25, 0.3) is 0 Å². The number of carbonyl (C=O) groups excluding carboxylic acids is 1. The number of hydrogen-bond acceptors (Lipinski definition) is 3. The maximum Gasteiger partial charge on any atom is 0.235 e. The van der Waals surface area contributed by atoms with Crippen molar-refractivity contribution in [2.45, 2.75) is 13.8 Å². The summed E-state index contributed by atoms with van der Waals surface area (Å²) in [4.78, 5) is 12.1. The van der Waals surface area contributed by atoms with Gasteiger partial charge in [-0.05, 0) is 40.0 Å². The number of carbonyl (C=O) groups is 1. The summed E-state index contributed by atoms with van der Waals surface area (Å²) in [6.45, 7) is 3.64. The van der Waals surface area contributed by atoms with Gasteiger partial charge in [0.05, 0.1) is 5.02 Å². The minimum atomic E-state index is -0.695. The number of nitrogens with zero attached hydrogens (tertiary/aromatic N) is 1. The summed E-state index contributed by atoms with van der Waals surface area (Å²) in [6.07, 6.45) is 0. The lowest BCUT2D eigenvalue weighted by Crippen LogP contribution is -2.38. The second-order valence-electron chi connectivity index (χ2n) is 4.36. The Morgan fingerprint density at radius 3 is 2.63 bits per heavy atom. The first-order valence-corrected chi connectivity index (χ1v) is 6.77. The molecule has 19 heavy (non-hydrogen) atoms. The smallest absolute Gasteiger partial charge is 0.235 e. The molecule has 0 aliphatic rings. The van der Waals surface area contributed by atoms with E-state index in [9.17, 15) is 4.79 Å². The van der Waals surface area contributed by atoms with Gasteiger partial charge in [-0.1, -0.05) is 30.6 Å². The standard InChI is InChI=1S/C12H15BrClN3O2/c1-6(2)10(11(15)17-19)12(18)16-7-3-4-9(14)8(13)5-7/h3-6,10,19H,1-2H3,(H2,15,17)(H,16,18). The number of hydrogen-bond donors (Lipinski definition) is 3. The van der Waals surface area contributed by atoms with Crippen molar-refractivity contribution in [1.82, 2.24) is 0 Å². The molecule has 7 heteroatoms. The van der Waals surface area contributed by atoms with Crippen molar-refractivity contribution < 1.29 is 10.0 Å². The third-order valence-corrected chi connectivity index (χ3v) is 3.78. The van der Waals surface area contributed by atoms with Crippen molar-refractivity contribution in [3.63, 3.8) is 0 Å². The number of nitrogens with one attached hydrogen (secondary N) is 1. The van der Waals surface area contributed by atoms with Crippen LogP contribution in [0.5, 0.6) is 0 Å². The fourth-order valence-electron chi connectivity index (χ4n) is 1.63. The van der Waals surface area contributed by atoms with E-state index < -0.39 is 5.92 Å². The first kappa shape index (κ1) is 15.8. The highest BCUT2D eigenvalue weighted by Crippen LogP contribution is 2.26. The molecule has 0 spiro atoms. The van der Waals surface area contributed by atoms with Gasteiger partial charge < -0.3 is 16.3 Å². The van der Waals surface area contributed by atoms with Gasteiger partial charge >= 0.3 is 0 Å². The Labute approximate surface area is 124 Å². The normalized spacial score (nSPS) is 13.4. The molecule has 0 aromatic heterocycles. The quantitative estimate of drug-likeness (QED) is 0.338. The number of oxime groups is 1. The van der Waals surface area contributed by atoms with E-state index in [0.29, 0.717) is 15.2 Å². The molecule has 0 aliphatic carbocycles. The monoisotopic (exact) mass is 347 g/mol. The molecule has 1 aromatic carbocycles. The van der Waals surface area contributed by atoms with E-state index in [0.717, 1.165) is 0 Å². The van der Waals surface area contributed by atoms with Crippen LogP contribution in [0.2, 0.25) is 5.02 Å². The number of halogens is 2. The second-order valence-corrected chi connectivity index (χ2v) is 5.63. The predicted octanol–water partition coefficient (Wildman–Crippen LogP) is 3.06. The molecule has 1 amide bonds. The number of amides is 1. The van der Waals surface area contributed by atoms with E-state index in [1.807, 2.05) is 13.8 Å². The molecule has 0 heterocycles. The Bertz CT molecular complexity index is 506. The Balaban J connectivity index is 2.90. The van der Waals surface area contributed by atoms with Gasteiger partial charge in [0.2, 0.25) is 5.91 Å². The Morgan fingerprint density at radius 2 is 2.16 bits per heavy atom. The van der Waals surface area contributed by atoms with Crippen molar-refractivity contribution in [3.05, 3.63) is 27.7 Å². The average molecular weight is 349 g/mol. The van der Waals surface area contributed by atoms with Crippen molar-refractivity contribution in [3.8, 4) is 0 Å². The molecule has 1 rings (SSSR count). The molecule has 0 fully saturated rings. The van der Waals surface area contributed by atoms with Crippen molar-refractivity contribution >= 4 is 45.0 Å². The highest BCUT2D eigenvalue weighted by atomic mass is 79.9. The van der Waals surface area contributed by atoms with E-state index in [4.69, 9.17) is 22.5 Å². The highest BCUT2D eigenvalue weighted by Gasteiger charge is 2.26. The maximum atomic E-state index is 12.1. The molecule has 1 unspecified atom stereocenters. The summed E-state index contributed by atoms with van der Waals surface area (Å²) in [5.41, 5.74) is 6.12. The SMILES string of the molecule is CC(C)C(C(=O)Nc1ccc(Cl)c(Br)c1)C(N)=NO. The average Bonchev–Trinajstić information content (AvgIpc) is 2.33. The van der Waals surface area contributed by atoms with E-state index >= 15 is 0 Å². The maximum absolute atomic E-state index is 12.1. The van der Waals surface area contributed by atoms with Crippen LogP contribution in [0, 0.1) is 11.8 Å². The summed E-state index contributed by atoms with van der Waals surface area (Å²) in [7, 11) is 0. The van der Waals surface area contributed by atoms with E-state index in [1.165, 1.54) is 0 Å². The van der Waals surface area contributed by atoms with Gasteiger partial charge in [0.15, 0.2) is 5.84 Å². The number of rotatable bonds is 4. The van der Waals surface area contributed by atoms with E-state index in [2.05, 4.69) is 26.4 Å². The zero-order valence-electron chi connectivity index (χ0n) is 10.5. The van der Waals surface area contributed by atoms with Gasteiger partial charge in [-0.2, -0.15) is 0 Å². The van der Waals surface area contributed by atoms with Crippen LogP contribution in [0.1, 0.15) is 13.8 Å². The Morgan fingerprint density at radius 1 is 1.53 bits per heavy atom. The summed E-state index contributed by atoms with van der Waals surface area (Å²) in [5, 5.41) is 14.9. The van der Waals surface area contributed by atoms with Crippen LogP contribution in [-0.2, 0) is 4.79 Å². The number of benzene rings is 1. The van der Waals surface area contributed by atoms with Crippen molar-refractivity contribution in [2.24, 2.45) is 22.7 Å². The first-order valence-electron chi connectivity index (χ1n) is 5.60. The predicted molar refractivity (Wildman–Crippen MR) is 79.5 cm³/mol. The minimum Gasteiger partial charge on any atom is -0.409 e. The Kier molecular flexibility index (Phi) is 5.62. The molecule has 1 atom stereocenters. The van der Waals surface area contributed by atoms with Gasteiger partial charge in [-0.3, -0.25) is 4.79 Å². The van der Waals surface area contributed by atoms with Crippen LogP contribution in [0.3, 0.4) is 0 Å². The molecule has 5 nitrogen and oxygen atoms in total.